The Morgan fingerprint density at radius 3 is 2.88 bits per heavy atom. The van der Waals surface area contributed by atoms with Gasteiger partial charge in [0.15, 0.2) is 5.11 Å². The third-order valence-electron chi connectivity index (χ3n) is 4.97. The number of aryl methyl sites for hydroxylation is 2. The third-order valence-corrected chi connectivity index (χ3v) is 5.24. The van der Waals surface area contributed by atoms with Crippen LogP contribution in [0.1, 0.15) is 28.8 Å². The molecule has 1 aliphatic rings. The Bertz CT molecular complexity index is 898. The van der Waals surface area contributed by atoms with Crippen LogP contribution in [0.5, 0.6) is 0 Å². The molecular weight excluding hydrogens is 326 g/mol. The van der Waals surface area contributed by atoms with Crippen LogP contribution in [-0.2, 0) is 19.4 Å². The normalized spacial score (nSPS) is 16.4. The van der Waals surface area contributed by atoms with E-state index in [0.29, 0.717) is 6.04 Å². The smallest absolute Gasteiger partial charge is 0.166 e. The highest BCUT2D eigenvalue weighted by atomic mass is 32.1. The Hall–Kier alpha value is -2.33. The van der Waals surface area contributed by atoms with E-state index in [9.17, 15) is 0 Å². The topological polar surface area (TPSA) is 39.9 Å². The molecule has 0 fully saturated rings. The summed E-state index contributed by atoms with van der Waals surface area (Å²) >= 11 is 5.48. The van der Waals surface area contributed by atoms with Gasteiger partial charge in [0.25, 0.3) is 0 Å². The van der Waals surface area contributed by atoms with Crippen LogP contribution in [0, 0.1) is 6.92 Å². The monoisotopic (exact) mass is 349 g/mol. The number of benzene rings is 2. The molecule has 4 heteroatoms. The maximum atomic E-state index is 5.48. The molecule has 3 aromatic rings. The molecule has 4 rings (SSSR count). The van der Waals surface area contributed by atoms with Gasteiger partial charge in [0.05, 0.1) is 0 Å². The predicted molar refractivity (Wildman–Crippen MR) is 108 cm³/mol. The molecule has 0 saturated carbocycles. The number of aromatic nitrogens is 1. The highest BCUT2D eigenvalue weighted by Gasteiger charge is 2.22. The van der Waals surface area contributed by atoms with Gasteiger partial charge in [-0.3, -0.25) is 0 Å². The van der Waals surface area contributed by atoms with Gasteiger partial charge in [-0.25, -0.2) is 0 Å². The number of hydrogen-bond acceptors (Lipinski definition) is 1. The van der Waals surface area contributed by atoms with Crippen molar-refractivity contribution in [2.75, 3.05) is 0 Å². The minimum absolute atomic E-state index is 0.387. The molecule has 1 heterocycles. The van der Waals surface area contributed by atoms with Crippen molar-refractivity contribution in [1.29, 1.82) is 0 Å². The molecule has 0 bridgehead atoms. The average molecular weight is 350 g/mol. The van der Waals surface area contributed by atoms with Crippen molar-refractivity contribution in [3.63, 3.8) is 0 Å². The molecule has 0 radical (unpaired) electrons. The van der Waals surface area contributed by atoms with Crippen molar-refractivity contribution >= 4 is 28.2 Å². The first-order chi connectivity index (χ1) is 12.2. The summed E-state index contributed by atoms with van der Waals surface area (Å²) in [6, 6.07) is 17.4. The number of fused-ring (bicyclic) bond motifs is 3. The summed E-state index contributed by atoms with van der Waals surface area (Å²) in [6.07, 6.45) is 3.20. The number of aromatic amines is 1. The minimum atomic E-state index is 0.387. The van der Waals surface area contributed by atoms with Crippen molar-refractivity contribution in [1.82, 2.24) is 15.6 Å². The van der Waals surface area contributed by atoms with Gasteiger partial charge in [-0.2, -0.15) is 0 Å². The first-order valence-corrected chi connectivity index (χ1v) is 9.28. The van der Waals surface area contributed by atoms with Crippen LogP contribution in [0.2, 0.25) is 0 Å². The Morgan fingerprint density at radius 1 is 1.20 bits per heavy atom. The predicted octanol–water partition coefficient (Wildman–Crippen LogP) is 4.00. The van der Waals surface area contributed by atoms with Crippen LogP contribution in [0.3, 0.4) is 0 Å². The Balaban J connectivity index is 1.39. The molecule has 1 unspecified atom stereocenters. The lowest BCUT2D eigenvalue weighted by Gasteiger charge is -2.25. The Labute approximate surface area is 153 Å². The van der Waals surface area contributed by atoms with Crippen LogP contribution in [0.25, 0.3) is 10.9 Å². The minimum Gasteiger partial charge on any atom is -0.360 e. The molecule has 0 aliphatic heterocycles. The maximum absolute atomic E-state index is 5.48. The van der Waals surface area contributed by atoms with Gasteiger partial charge in [-0.1, -0.05) is 42.0 Å². The van der Waals surface area contributed by atoms with Crippen molar-refractivity contribution in [3.8, 4) is 0 Å². The lowest BCUT2D eigenvalue weighted by Crippen LogP contribution is -2.44. The van der Waals surface area contributed by atoms with Crippen LogP contribution in [-0.4, -0.2) is 16.1 Å². The van der Waals surface area contributed by atoms with E-state index in [4.69, 9.17) is 12.2 Å². The van der Waals surface area contributed by atoms with Crippen LogP contribution >= 0.6 is 12.2 Å². The van der Waals surface area contributed by atoms with E-state index >= 15 is 0 Å². The van der Waals surface area contributed by atoms with E-state index < -0.39 is 0 Å². The molecule has 128 valence electrons. The zero-order valence-corrected chi connectivity index (χ0v) is 15.2. The summed E-state index contributed by atoms with van der Waals surface area (Å²) in [4.78, 5) is 3.60. The molecule has 2 aromatic carbocycles. The number of hydrogen-bond donors (Lipinski definition) is 3. The highest BCUT2D eigenvalue weighted by molar-refractivity contribution is 7.80. The summed E-state index contributed by atoms with van der Waals surface area (Å²) in [5, 5.41) is 8.93. The molecule has 1 aliphatic carbocycles. The Kier molecular flexibility index (Phi) is 4.45. The zero-order valence-electron chi connectivity index (χ0n) is 14.4. The highest BCUT2D eigenvalue weighted by Crippen LogP contribution is 2.29. The second kappa shape index (κ2) is 6.89. The average Bonchev–Trinajstić information content (AvgIpc) is 2.98. The second-order valence-corrected chi connectivity index (χ2v) is 7.29. The van der Waals surface area contributed by atoms with Crippen LogP contribution < -0.4 is 10.6 Å². The second-order valence-electron chi connectivity index (χ2n) is 6.88. The fourth-order valence-electron chi connectivity index (χ4n) is 3.68. The lowest BCUT2D eigenvalue weighted by molar-refractivity contribution is 0.521. The quantitative estimate of drug-likeness (QED) is 0.626. The molecule has 0 spiro atoms. The fourth-order valence-corrected chi connectivity index (χ4v) is 3.92. The standard InChI is InChI=1S/C21H23N3S/c1-14-7-10-19-18(11-14)17-9-8-16(12-20(17)24-19)23-21(25)22-13-15-5-3-2-4-6-15/h2-7,10-11,16,24H,8-9,12-13H2,1H3,(H2,22,23,25). The number of thiocarbonyl (C=S) groups is 1. The molecule has 3 N–H and O–H groups in total. The van der Waals surface area contributed by atoms with Gasteiger partial charge in [0.1, 0.15) is 0 Å². The van der Waals surface area contributed by atoms with Gasteiger partial charge in [-0.05, 0) is 55.2 Å². The van der Waals surface area contributed by atoms with Crippen LogP contribution in [0.4, 0.5) is 0 Å². The third kappa shape index (κ3) is 3.54. The van der Waals surface area contributed by atoms with Gasteiger partial charge in [-0.15, -0.1) is 0 Å². The van der Waals surface area contributed by atoms with E-state index in [1.54, 1.807) is 0 Å². The van der Waals surface area contributed by atoms with Gasteiger partial charge >= 0.3 is 0 Å². The molecule has 3 nitrogen and oxygen atoms in total. The summed E-state index contributed by atoms with van der Waals surface area (Å²) in [5.41, 5.74) is 6.65. The molecule has 1 atom stereocenters. The van der Waals surface area contributed by atoms with Gasteiger partial charge in [0.2, 0.25) is 0 Å². The molecule has 0 amide bonds. The SMILES string of the molecule is Cc1ccc2[nH]c3c(c2c1)CCC(NC(=S)NCc1ccccc1)C3. The maximum Gasteiger partial charge on any atom is 0.166 e. The van der Waals surface area contributed by atoms with Crippen LogP contribution in [0.15, 0.2) is 48.5 Å². The number of rotatable bonds is 3. The van der Waals surface area contributed by atoms with Crippen molar-refractivity contribution < 1.29 is 0 Å². The van der Waals surface area contributed by atoms with E-state index in [0.717, 1.165) is 30.9 Å². The summed E-state index contributed by atoms with van der Waals surface area (Å²) in [6.45, 7) is 2.92. The van der Waals surface area contributed by atoms with E-state index in [2.05, 4.69) is 52.9 Å². The Morgan fingerprint density at radius 2 is 2.04 bits per heavy atom. The van der Waals surface area contributed by atoms with E-state index in [1.165, 1.54) is 33.3 Å². The molecule has 0 saturated heterocycles. The van der Waals surface area contributed by atoms with Crippen molar-refractivity contribution in [2.45, 2.75) is 38.8 Å². The number of H-pyrrole nitrogens is 1. The van der Waals surface area contributed by atoms with Gasteiger partial charge in [0, 0.05) is 35.6 Å². The first kappa shape index (κ1) is 16.2. The van der Waals surface area contributed by atoms with E-state index in [-0.39, 0.29) is 0 Å². The summed E-state index contributed by atoms with van der Waals surface area (Å²) in [5.74, 6) is 0. The van der Waals surface area contributed by atoms with E-state index in [1.807, 2.05) is 18.2 Å². The number of nitrogens with one attached hydrogen (secondary N) is 3. The van der Waals surface area contributed by atoms with Crippen molar-refractivity contribution in [2.24, 2.45) is 0 Å². The summed E-state index contributed by atoms with van der Waals surface area (Å²) < 4.78 is 0. The molecular formula is C21H23N3S. The summed E-state index contributed by atoms with van der Waals surface area (Å²) in [7, 11) is 0. The first-order valence-electron chi connectivity index (χ1n) is 8.87. The van der Waals surface area contributed by atoms with Crippen molar-refractivity contribution in [3.05, 3.63) is 70.9 Å². The zero-order chi connectivity index (χ0) is 17.2. The largest absolute Gasteiger partial charge is 0.360 e. The lowest BCUT2D eigenvalue weighted by atomic mass is 9.91. The molecule has 1 aromatic heterocycles. The fraction of sp³-hybridized carbons (Fsp3) is 0.286. The molecule has 25 heavy (non-hydrogen) atoms. The van der Waals surface area contributed by atoms with Gasteiger partial charge < -0.3 is 15.6 Å².